The fraction of sp³-hybridized carbons (Fsp3) is 0.500. The Bertz CT molecular complexity index is 727. The largest absolute Gasteiger partial charge is 0.268 e. The van der Waals surface area contributed by atoms with Gasteiger partial charge in [-0.05, 0) is 36.3 Å². The van der Waals surface area contributed by atoms with Gasteiger partial charge in [0.05, 0.1) is 0 Å². The Hall–Kier alpha value is -1.62. The first kappa shape index (κ1) is 17.7. The molecule has 0 bridgehead atoms. The van der Waals surface area contributed by atoms with Gasteiger partial charge in [-0.3, -0.25) is 9.71 Å². The van der Waals surface area contributed by atoms with E-state index in [-0.39, 0.29) is 0 Å². The van der Waals surface area contributed by atoms with Gasteiger partial charge in [0.15, 0.2) is 0 Å². The van der Waals surface area contributed by atoms with Crippen LogP contribution in [0.1, 0.15) is 58.1 Å². The van der Waals surface area contributed by atoms with Crippen molar-refractivity contribution in [2.45, 2.75) is 47.0 Å². The Balaban J connectivity index is 2.36. The van der Waals surface area contributed by atoms with Crippen molar-refractivity contribution in [2.24, 2.45) is 10.9 Å². The highest BCUT2D eigenvalue weighted by atomic mass is 32.2. The molecule has 2 rings (SSSR count). The summed E-state index contributed by atoms with van der Waals surface area (Å²) in [6.45, 7) is 10.9. The zero-order valence-corrected chi connectivity index (χ0v) is 15.4. The first-order valence-corrected chi connectivity index (χ1v) is 9.59. The maximum atomic E-state index is 12.4. The summed E-state index contributed by atoms with van der Waals surface area (Å²) in [5.41, 5.74) is 2.61. The van der Waals surface area contributed by atoms with Crippen molar-refractivity contribution in [1.29, 1.82) is 0 Å². The lowest BCUT2D eigenvalue weighted by Gasteiger charge is -2.07. The third-order valence-electron chi connectivity index (χ3n) is 4.01. The number of sulfonamides is 1. The van der Waals surface area contributed by atoms with E-state index in [0.29, 0.717) is 40.3 Å². The second-order valence-corrected chi connectivity index (χ2v) is 8.37. The molecule has 0 saturated heterocycles. The van der Waals surface area contributed by atoms with Gasteiger partial charge in [0.2, 0.25) is 0 Å². The number of benzene rings is 1. The van der Waals surface area contributed by atoms with E-state index in [2.05, 4.69) is 37.4 Å². The zero-order chi connectivity index (χ0) is 17.2. The van der Waals surface area contributed by atoms with Crippen LogP contribution in [0, 0.1) is 5.92 Å². The molecule has 126 valence electrons. The quantitative estimate of drug-likeness (QED) is 0.887. The van der Waals surface area contributed by atoms with Gasteiger partial charge >= 0.3 is 0 Å². The Labute approximate surface area is 139 Å². The number of hydrogen-bond donors (Lipinski definition) is 1. The van der Waals surface area contributed by atoms with Crippen LogP contribution in [0.15, 0.2) is 34.8 Å². The van der Waals surface area contributed by atoms with Gasteiger partial charge in [-0.15, -0.1) is 0 Å². The number of nitrogens with zero attached hydrogens (tertiary/aromatic N) is 1. The van der Waals surface area contributed by atoms with E-state index in [1.807, 2.05) is 31.2 Å². The second kappa shape index (κ2) is 6.87. The third-order valence-corrected chi connectivity index (χ3v) is 5.55. The van der Waals surface area contributed by atoms with Gasteiger partial charge in [-0.1, -0.05) is 52.0 Å². The SMILES string of the molecule is CC1=C(c2ccc(C(C)C)cc2)S(=O)(=O)NC1=NCCC(C)C. The summed E-state index contributed by atoms with van der Waals surface area (Å²) < 4.78 is 27.5. The molecule has 0 aromatic heterocycles. The van der Waals surface area contributed by atoms with Crippen LogP contribution < -0.4 is 4.72 Å². The van der Waals surface area contributed by atoms with E-state index in [4.69, 9.17) is 0 Å². The zero-order valence-electron chi connectivity index (χ0n) is 14.6. The summed E-state index contributed by atoms with van der Waals surface area (Å²) in [7, 11) is -3.52. The summed E-state index contributed by atoms with van der Waals surface area (Å²) >= 11 is 0. The molecule has 1 aliphatic rings. The minimum absolute atomic E-state index is 0.344. The predicted octanol–water partition coefficient (Wildman–Crippen LogP) is 3.92. The maximum absolute atomic E-state index is 12.4. The number of amidine groups is 1. The number of nitrogens with one attached hydrogen (secondary N) is 1. The van der Waals surface area contributed by atoms with Crippen LogP contribution in [0.2, 0.25) is 0 Å². The van der Waals surface area contributed by atoms with Crippen molar-refractivity contribution >= 4 is 20.8 Å². The Morgan fingerprint density at radius 3 is 2.22 bits per heavy atom. The van der Waals surface area contributed by atoms with Crippen LogP contribution in [-0.2, 0) is 10.0 Å². The maximum Gasteiger partial charge on any atom is 0.264 e. The molecule has 0 amide bonds. The first-order chi connectivity index (χ1) is 10.7. The van der Waals surface area contributed by atoms with Crippen LogP contribution >= 0.6 is 0 Å². The molecule has 1 N–H and O–H groups in total. The topological polar surface area (TPSA) is 58.5 Å². The summed E-state index contributed by atoms with van der Waals surface area (Å²) in [6.07, 6.45) is 0.941. The summed E-state index contributed by atoms with van der Waals surface area (Å²) in [6, 6.07) is 7.74. The number of aliphatic imine (C=N–C) groups is 1. The standard InChI is InChI=1S/C18H26N2O2S/c1-12(2)10-11-19-18-14(5)17(23(21,22)20-18)16-8-6-15(7-9-16)13(3)4/h6-9,12-13H,10-11H2,1-5H3,(H,19,20). The van der Waals surface area contributed by atoms with Crippen molar-refractivity contribution in [3.8, 4) is 0 Å². The Morgan fingerprint density at radius 2 is 1.70 bits per heavy atom. The molecule has 5 heteroatoms. The molecule has 0 saturated carbocycles. The second-order valence-electron chi connectivity index (χ2n) is 6.75. The molecule has 0 spiro atoms. The van der Waals surface area contributed by atoms with E-state index in [0.717, 1.165) is 6.42 Å². The molecular weight excluding hydrogens is 308 g/mol. The van der Waals surface area contributed by atoms with Crippen molar-refractivity contribution in [2.75, 3.05) is 6.54 Å². The summed E-state index contributed by atoms with van der Waals surface area (Å²) in [5.74, 6) is 1.45. The third kappa shape index (κ3) is 4.02. The molecule has 1 heterocycles. The molecule has 1 aliphatic heterocycles. The van der Waals surface area contributed by atoms with Crippen LogP contribution in [0.5, 0.6) is 0 Å². The molecule has 23 heavy (non-hydrogen) atoms. The lowest BCUT2D eigenvalue weighted by Crippen LogP contribution is -2.24. The van der Waals surface area contributed by atoms with Gasteiger partial charge < -0.3 is 0 Å². The van der Waals surface area contributed by atoms with Crippen LogP contribution in [0.4, 0.5) is 0 Å². The molecule has 1 aromatic rings. The van der Waals surface area contributed by atoms with E-state index in [9.17, 15) is 8.42 Å². The number of hydrogen-bond acceptors (Lipinski definition) is 3. The molecule has 0 fully saturated rings. The lowest BCUT2D eigenvalue weighted by atomic mass is 10.0. The molecule has 0 unspecified atom stereocenters. The Morgan fingerprint density at radius 1 is 1.09 bits per heavy atom. The van der Waals surface area contributed by atoms with Crippen molar-refractivity contribution < 1.29 is 8.42 Å². The van der Waals surface area contributed by atoms with E-state index < -0.39 is 10.0 Å². The minimum Gasteiger partial charge on any atom is -0.268 e. The average molecular weight is 334 g/mol. The smallest absolute Gasteiger partial charge is 0.264 e. The van der Waals surface area contributed by atoms with Crippen LogP contribution in [0.25, 0.3) is 4.91 Å². The summed E-state index contributed by atoms with van der Waals surface area (Å²) in [4.78, 5) is 4.77. The lowest BCUT2D eigenvalue weighted by molar-refractivity contribution is 0.595. The van der Waals surface area contributed by atoms with E-state index in [1.54, 1.807) is 0 Å². The van der Waals surface area contributed by atoms with E-state index >= 15 is 0 Å². The van der Waals surface area contributed by atoms with Gasteiger partial charge in [0, 0.05) is 12.1 Å². The normalized spacial score (nSPS) is 19.0. The van der Waals surface area contributed by atoms with Crippen molar-refractivity contribution in [3.05, 3.63) is 41.0 Å². The molecule has 4 nitrogen and oxygen atoms in total. The molecule has 0 atom stereocenters. The number of rotatable bonds is 5. The van der Waals surface area contributed by atoms with Crippen LogP contribution in [0.3, 0.4) is 0 Å². The fourth-order valence-corrected chi connectivity index (χ4v) is 4.06. The van der Waals surface area contributed by atoms with Gasteiger partial charge in [-0.2, -0.15) is 0 Å². The first-order valence-electron chi connectivity index (χ1n) is 8.11. The van der Waals surface area contributed by atoms with Gasteiger partial charge in [-0.25, -0.2) is 8.42 Å². The van der Waals surface area contributed by atoms with Gasteiger partial charge in [0.25, 0.3) is 10.0 Å². The average Bonchev–Trinajstić information content (AvgIpc) is 2.68. The highest BCUT2D eigenvalue weighted by molar-refractivity contribution is 8.00. The highest BCUT2D eigenvalue weighted by Crippen LogP contribution is 2.30. The van der Waals surface area contributed by atoms with Crippen LogP contribution in [-0.4, -0.2) is 20.8 Å². The molecular formula is C18H26N2O2S. The summed E-state index contributed by atoms with van der Waals surface area (Å²) in [5, 5.41) is 0. The monoisotopic (exact) mass is 334 g/mol. The molecule has 1 aromatic carbocycles. The minimum atomic E-state index is -3.52. The van der Waals surface area contributed by atoms with E-state index in [1.165, 1.54) is 5.56 Å². The van der Waals surface area contributed by atoms with Crippen molar-refractivity contribution in [3.63, 3.8) is 0 Å². The Kier molecular flexibility index (Phi) is 5.30. The molecule has 0 aliphatic carbocycles. The highest BCUT2D eigenvalue weighted by Gasteiger charge is 2.32. The molecule has 0 radical (unpaired) electrons. The van der Waals surface area contributed by atoms with Gasteiger partial charge in [0.1, 0.15) is 10.7 Å². The fourth-order valence-electron chi connectivity index (χ4n) is 2.54. The predicted molar refractivity (Wildman–Crippen MR) is 96.9 cm³/mol. The van der Waals surface area contributed by atoms with Crippen molar-refractivity contribution in [1.82, 2.24) is 4.72 Å².